The molecule has 102 valence electrons. The van der Waals surface area contributed by atoms with Gasteiger partial charge in [0, 0.05) is 38.9 Å². The Morgan fingerprint density at radius 3 is 2.89 bits per heavy atom. The third-order valence-corrected chi connectivity index (χ3v) is 3.97. The van der Waals surface area contributed by atoms with Crippen LogP contribution in [0.25, 0.3) is 11.0 Å². The summed E-state index contributed by atoms with van der Waals surface area (Å²) in [5, 5.41) is 3.40. The molecule has 1 atom stereocenters. The van der Waals surface area contributed by atoms with Crippen molar-refractivity contribution in [3.8, 4) is 0 Å². The largest absolute Gasteiger partial charge is 0.327 e. The van der Waals surface area contributed by atoms with Crippen molar-refractivity contribution in [1.82, 2.24) is 24.8 Å². The summed E-state index contributed by atoms with van der Waals surface area (Å²) < 4.78 is 2.31. The molecule has 0 amide bonds. The van der Waals surface area contributed by atoms with Crippen LogP contribution in [0.5, 0.6) is 0 Å². The number of aromatic nitrogens is 3. The maximum Gasteiger partial charge on any atom is 0.127 e. The summed E-state index contributed by atoms with van der Waals surface area (Å²) in [4.78, 5) is 11.5. The van der Waals surface area contributed by atoms with Crippen LogP contribution in [-0.4, -0.2) is 45.6 Å². The minimum absolute atomic E-state index is 0.356. The van der Waals surface area contributed by atoms with Crippen LogP contribution < -0.4 is 5.32 Å². The molecule has 0 bridgehead atoms. The van der Waals surface area contributed by atoms with E-state index in [1.165, 1.54) is 5.52 Å². The van der Waals surface area contributed by atoms with E-state index >= 15 is 0 Å². The number of aryl methyl sites for hydroxylation is 1. The second-order valence-corrected chi connectivity index (χ2v) is 5.04. The Kier molecular flexibility index (Phi) is 3.48. The molecule has 1 aliphatic heterocycles. The van der Waals surface area contributed by atoms with E-state index in [0.29, 0.717) is 6.04 Å². The summed E-state index contributed by atoms with van der Waals surface area (Å²) in [5.41, 5.74) is 2.19. The maximum absolute atomic E-state index is 4.80. The molecule has 5 nitrogen and oxygen atoms in total. The van der Waals surface area contributed by atoms with E-state index in [1.807, 2.05) is 12.4 Å². The summed E-state index contributed by atoms with van der Waals surface area (Å²) in [6.45, 7) is 9.70. The minimum atomic E-state index is 0.356. The minimum Gasteiger partial charge on any atom is -0.327 e. The van der Waals surface area contributed by atoms with Gasteiger partial charge in [0.1, 0.15) is 11.3 Å². The lowest BCUT2D eigenvalue weighted by atomic mass is 10.2. The van der Waals surface area contributed by atoms with Gasteiger partial charge in [-0.3, -0.25) is 9.88 Å². The normalized spacial score (nSPS) is 18.8. The van der Waals surface area contributed by atoms with Gasteiger partial charge in [0.15, 0.2) is 0 Å². The zero-order chi connectivity index (χ0) is 13.2. The lowest BCUT2D eigenvalue weighted by Gasteiger charge is -2.32. The Morgan fingerprint density at radius 2 is 2.16 bits per heavy atom. The Bertz CT molecular complexity index is 556. The number of imidazole rings is 1. The molecule has 0 spiro atoms. The van der Waals surface area contributed by atoms with E-state index < -0.39 is 0 Å². The van der Waals surface area contributed by atoms with E-state index in [1.54, 1.807) is 0 Å². The highest BCUT2D eigenvalue weighted by Gasteiger charge is 2.23. The molecule has 2 aromatic heterocycles. The van der Waals surface area contributed by atoms with Crippen molar-refractivity contribution in [3.05, 3.63) is 24.3 Å². The topological polar surface area (TPSA) is 46.0 Å². The van der Waals surface area contributed by atoms with E-state index in [2.05, 4.69) is 39.7 Å². The number of pyridine rings is 1. The molecule has 0 saturated carbocycles. The van der Waals surface area contributed by atoms with Gasteiger partial charge in [-0.1, -0.05) is 0 Å². The van der Waals surface area contributed by atoms with Crippen LogP contribution in [0, 0.1) is 0 Å². The van der Waals surface area contributed by atoms with E-state index in [4.69, 9.17) is 4.98 Å². The van der Waals surface area contributed by atoms with Gasteiger partial charge in [-0.05, 0) is 19.9 Å². The van der Waals surface area contributed by atoms with Crippen molar-refractivity contribution in [1.29, 1.82) is 0 Å². The molecule has 5 heteroatoms. The van der Waals surface area contributed by atoms with Crippen LogP contribution >= 0.6 is 0 Å². The molecule has 1 saturated heterocycles. The number of hydrogen-bond donors (Lipinski definition) is 1. The average molecular weight is 259 g/mol. The Balaban J connectivity index is 1.98. The lowest BCUT2D eigenvalue weighted by molar-refractivity contribution is 0.176. The Morgan fingerprint density at radius 1 is 1.37 bits per heavy atom. The quantitative estimate of drug-likeness (QED) is 0.905. The van der Waals surface area contributed by atoms with Crippen LogP contribution in [-0.2, 0) is 6.54 Å². The van der Waals surface area contributed by atoms with Crippen molar-refractivity contribution in [3.63, 3.8) is 0 Å². The molecular formula is C14H21N5. The highest BCUT2D eigenvalue weighted by atomic mass is 15.2. The monoisotopic (exact) mass is 259 g/mol. The van der Waals surface area contributed by atoms with E-state index in [0.717, 1.165) is 44.1 Å². The Hall–Kier alpha value is -1.46. The molecule has 1 aliphatic rings. The standard InChI is InChI=1S/C14H21N5/c1-3-19-13-4-5-16-10-12(13)17-14(19)11(2)18-8-6-15-7-9-18/h4-5,10-11,15H,3,6-9H2,1-2H3. The third-order valence-electron chi connectivity index (χ3n) is 3.97. The number of piperazine rings is 1. The predicted octanol–water partition coefficient (Wildman–Crippen LogP) is 1.42. The average Bonchev–Trinajstić information content (AvgIpc) is 2.85. The van der Waals surface area contributed by atoms with Gasteiger partial charge in [0.25, 0.3) is 0 Å². The van der Waals surface area contributed by atoms with Gasteiger partial charge in [0.2, 0.25) is 0 Å². The number of hydrogen-bond acceptors (Lipinski definition) is 4. The van der Waals surface area contributed by atoms with Gasteiger partial charge in [-0.15, -0.1) is 0 Å². The first-order chi connectivity index (χ1) is 9.31. The second-order valence-electron chi connectivity index (χ2n) is 5.04. The van der Waals surface area contributed by atoms with Crippen LogP contribution in [0.15, 0.2) is 18.5 Å². The van der Waals surface area contributed by atoms with Gasteiger partial charge < -0.3 is 9.88 Å². The molecule has 19 heavy (non-hydrogen) atoms. The van der Waals surface area contributed by atoms with Crippen molar-refractivity contribution in [2.75, 3.05) is 26.2 Å². The van der Waals surface area contributed by atoms with E-state index in [9.17, 15) is 0 Å². The molecule has 1 N–H and O–H groups in total. The number of nitrogens with one attached hydrogen (secondary N) is 1. The molecule has 0 aliphatic carbocycles. The lowest BCUT2D eigenvalue weighted by Crippen LogP contribution is -2.45. The highest BCUT2D eigenvalue weighted by molar-refractivity contribution is 5.74. The first-order valence-electron chi connectivity index (χ1n) is 7.06. The maximum atomic E-state index is 4.80. The fourth-order valence-electron chi connectivity index (χ4n) is 2.88. The summed E-state index contributed by atoms with van der Waals surface area (Å²) in [5.74, 6) is 1.16. The summed E-state index contributed by atoms with van der Waals surface area (Å²) in [6, 6.07) is 2.41. The number of nitrogens with zero attached hydrogens (tertiary/aromatic N) is 4. The van der Waals surface area contributed by atoms with Gasteiger partial charge >= 0.3 is 0 Å². The fraction of sp³-hybridized carbons (Fsp3) is 0.571. The zero-order valence-corrected chi connectivity index (χ0v) is 11.6. The van der Waals surface area contributed by atoms with Gasteiger partial charge in [-0.25, -0.2) is 4.98 Å². The van der Waals surface area contributed by atoms with Gasteiger partial charge in [-0.2, -0.15) is 0 Å². The molecule has 3 heterocycles. The van der Waals surface area contributed by atoms with Crippen LogP contribution in [0.3, 0.4) is 0 Å². The fourth-order valence-corrected chi connectivity index (χ4v) is 2.88. The summed E-state index contributed by atoms with van der Waals surface area (Å²) in [6.07, 6.45) is 3.70. The summed E-state index contributed by atoms with van der Waals surface area (Å²) in [7, 11) is 0. The molecular weight excluding hydrogens is 238 g/mol. The molecule has 0 radical (unpaired) electrons. The molecule has 1 unspecified atom stereocenters. The molecule has 1 fully saturated rings. The summed E-state index contributed by atoms with van der Waals surface area (Å²) >= 11 is 0. The molecule has 3 rings (SSSR count). The predicted molar refractivity (Wildman–Crippen MR) is 76.1 cm³/mol. The van der Waals surface area contributed by atoms with Crippen LogP contribution in [0.2, 0.25) is 0 Å². The third kappa shape index (κ3) is 2.24. The van der Waals surface area contributed by atoms with Crippen molar-refractivity contribution in [2.24, 2.45) is 0 Å². The highest BCUT2D eigenvalue weighted by Crippen LogP contribution is 2.24. The van der Waals surface area contributed by atoms with Gasteiger partial charge in [0.05, 0.1) is 17.8 Å². The Labute approximate surface area is 113 Å². The van der Waals surface area contributed by atoms with Crippen LogP contribution in [0.4, 0.5) is 0 Å². The van der Waals surface area contributed by atoms with Crippen LogP contribution in [0.1, 0.15) is 25.7 Å². The SMILES string of the molecule is CCn1c(C(C)N2CCNCC2)nc2cnccc21. The second kappa shape index (κ2) is 5.27. The first kappa shape index (κ1) is 12.6. The van der Waals surface area contributed by atoms with Crippen molar-refractivity contribution in [2.45, 2.75) is 26.4 Å². The number of fused-ring (bicyclic) bond motifs is 1. The van der Waals surface area contributed by atoms with Crippen molar-refractivity contribution >= 4 is 11.0 Å². The smallest absolute Gasteiger partial charge is 0.127 e. The molecule has 2 aromatic rings. The van der Waals surface area contributed by atoms with E-state index in [-0.39, 0.29) is 0 Å². The number of rotatable bonds is 3. The zero-order valence-electron chi connectivity index (χ0n) is 11.6. The molecule has 0 aromatic carbocycles. The van der Waals surface area contributed by atoms with Crippen molar-refractivity contribution < 1.29 is 0 Å². The first-order valence-corrected chi connectivity index (χ1v) is 7.06.